The van der Waals surface area contributed by atoms with Crippen LogP contribution >= 0.6 is 0 Å². The van der Waals surface area contributed by atoms with Crippen LogP contribution in [0.2, 0.25) is 0 Å². The van der Waals surface area contributed by atoms with Gasteiger partial charge in [-0.25, -0.2) is 9.97 Å². The summed E-state index contributed by atoms with van der Waals surface area (Å²) in [5, 5.41) is 3.30. The van der Waals surface area contributed by atoms with Crippen molar-refractivity contribution >= 4 is 5.69 Å². The fourth-order valence-electron chi connectivity index (χ4n) is 2.46. The molecule has 1 aromatic heterocycles. The van der Waals surface area contributed by atoms with Crippen molar-refractivity contribution in [3.63, 3.8) is 0 Å². The Bertz CT molecular complexity index is 784. The molecule has 0 amide bonds. The lowest BCUT2D eigenvalue weighted by molar-refractivity contribution is 1.02. The molecule has 2 aromatic carbocycles. The van der Waals surface area contributed by atoms with Gasteiger partial charge in [0.05, 0.1) is 17.6 Å². The van der Waals surface area contributed by atoms with Crippen molar-refractivity contribution < 1.29 is 0 Å². The molecule has 23 heavy (non-hydrogen) atoms. The zero-order valence-corrected chi connectivity index (χ0v) is 13.2. The van der Waals surface area contributed by atoms with E-state index in [2.05, 4.69) is 41.5 Å². The number of nitrogens with zero attached hydrogens (tertiary/aromatic N) is 2. The van der Waals surface area contributed by atoms with Crippen molar-refractivity contribution in [2.45, 2.75) is 6.92 Å². The summed E-state index contributed by atoms with van der Waals surface area (Å²) >= 11 is 0. The molecule has 0 aliphatic heterocycles. The van der Waals surface area contributed by atoms with Crippen LogP contribution in [0.15, 0.2) is 60.8 Å². The number of rotatable bonds is 5. The first kappa shape index (κ1) is 15.2. The second-order valence-corrected chi connectivity index (χ2v) is 5.41. The maximum absolute atomic E-state index is 5.60. The Balaban J connectivity index is 2.07. The van der Waals surface area contributed by atoms with Crippen molar-refractivity contribution in [3.05, 3.63) is 66.4 Å². The predicted molar refractivity (Wildman–Crippen MR) is 95.2 cm³/mol. The Labute approximate surface area is 136 Å². The van der Waals surface area contributed by atoms with Crippen molar-refractivity contribution in [1.29, 1.82) is 0 Å². The number of hydrogen-bond donors (Lipinski definition) is 2. The van der Waals surface area contributed by atoms with E-state index in [0.717, 1.165) is 28.3 Å². The van der Waals surface area contributed by atoms with Crippen molar-refractivity contribution in [3.8, 4) is 22.6 Å². The number of aryl methyl sites for hydroxylation is 1. The first-order valence-electron chi connectivity index (χ1n) is 7.71. The van der Waals surface area contributed by atoms with Gasteiger partial charge in [-0.3, -0.25) is 0 Å². The predicted octanol–water partition coefficient (Wildman–Crippen LogP) is 3.49. The van der Waals surface area contributed by atoms with Gasteiger partial charge in [0.2, 0.25) is 0 Å². The van der Waals surface area contributed by atoms with Crippen molar-refractivity contribution in [2.24, 2.45) is 5.73 Å². The summed E-state index contributed by atoms with van der Waals surface area (Å²) < 4.78 is 0. The second kappa shape index (κ2) is 7.03. The van der Waals surface area contributed by atoms with Crippen LogP contribution in [0.3, 0.4) is 0 Å². The Morgan fingerprint density at radius 3 is 2.52 bits per heavy atom. The van der Waals surface area contributed by atoms with E-state index >= 15 is 0 Å². The molecular formula is C19H20N4. The zero-order chi connectivity index (χ0) is 16.1. The van der Waals surface area contributed by atoms with Crippen LogP contribution in [0.5, 0.6) is 0 Å². The second-order valence-electron chi connectivity index (χ2n) is 5.41. The van der Waals surface area contributed by atoms with Crippen LogP contribution in [-0.4, -0.2) is 23.1 Å². The Hall–Kier alpha value is -2.72. The standard InChI is InChI=1S/C19H20N4/c1-14-6-5-9-16(12-14)19-22-13-17(21-11-10-20)18(23-19)15-7-3-2-4-8-15/h2-9,12-13,21H,10-11,20H2,1H3. The Kier molecular flexibility index (Phi) is 4.64. The summed E-state index contributed by atoms with van der Waals surface area (Å²) in [5.41, 5.74) is 10.7. The third-order valence-corrected chi connectivity index (χ3v) is 3.57. The molecule has 116 valence electrons. The lowest BCUT2D eigenvalue weighted by atomic mass is 10.1. The SMILES string of the molecule is Cc1cccc(-c2ncc(NCCN)c(-c3ccccc3)n2)c1. The largest absolute Gasteiger partial charge is 0.381 e. The molecule has 3 N–H and O–H groups in total. The molecule has 0 bridgehead atoms. The summed E-state index contributed by atoms with van der Waals surface area (Å²) in [5.74, 6) is 0.728. The van der Waals surface area contributed by atoms with E-state index in [9.17, 15) is 0 Å². The maximum atomic E-state index is 5.60. The molecular weight excluding hydrogens is 284 g/mol. The number of benzene rings is 2. The van der Waals surface area contributed by atoms with Gasteiger partial charge in [-0.1, -0.05) is 54.1 Å². The third kappa shape index (κ3) is 3.55. The van der Waals surface area contributed by atoms with Crippen LogP contribution in [0.1, 0.15) is 5.56 Å². The molecule has 1 heterocycles. The molecule has 0 aliphatic rings. The molecule has 4 nitrogen and oxygen atoms in total. The molecule has 0 saturated carbocycles. The smallest absolute Gasteiger partial charge is 0.159 e. The minimum Gasteiger partial charge on any atom is -0.381 e. The van der Waals surface area contributed by atoms with Gasteiger partial charge in [0.15, 0.2) is 5.82 Å². The van der Waals surface area contributed by atoms with Gasteiger partial charge >= 0.3 is 0 Å². The molecule has 4 heteroatoms. The van der Waals surface area contributed by atoms with Gasteiger partial charge < -0.3 is 11.1 Å². The third-order valence-electron chi connectivity index (χ3n) is 3.57. The molecule has 0 fully saturated rings. The summed E-state index contributed by atoms with van der Waals surface area (Å²) in [7, 11) is 0. The van der Waals surface area contributed by atoms with Gasteiger partial charge in [-0.05, 0) is 13.0 Å². The molecule has 3 rings (SSSR count). The quantitative estimate of drug-likeness (QED) is 0.757. The highest BCUT2D eigenvalue weighted by Gasteiger charge is 2.10. The number of aromatic nitrogens is 2. The Morgan fingerprint density at radius 2 is 1.78 bits per heavy atom. The van der Waals surface area contributed by atoms with E-state index in [4.69, 9.17) is 10.7 Å². The molecule has 0 aliphatic carbocycles. The van der Waals surface area contributed by atoms with Crippen LogP contribution < -0.4 is 11.1 Å². The number of nitrogens with two attached hydrogens (primary N) is 1. The number of anilines is 1. The average Bonchev–Trinajstić information content (AvgIpc) is 2.60. The lowest BCUT2D eigenvalue weighted by Gasteiger charge is -2.12. The highest BCUT2D eigenvalue weighted by Crippen LogP contribution is 2.28. The van der Waals surface area contributed by atoms with Gasteiger partial charge in [0.25, 0.3) is 0 Å². The molecule has 0 unspecified atom stereocenters. The normalized spacial score (nSPS) is 10.5. The minimum absolute atomic E-state index is 0.563. The highest BCUT2D eigenvalue weighted by atomic mass is 15.0. The van der Waals surface area contributed by atoms with Crippen molar-refractivity contribution in [1.82, 2.24) is 9.97 Å². The summed E-state index contributed by atoms with van der Waals surface area (Å²) in [6, 6.07) is 18.3. The van der Waals surface area contributed by atoms with Gasteiger partial charge in [-0.2, -0.15) is 0 Å². The van der Waals surface area contributed by atoms with Crippen LogP contribution in [0.25, 0.3) is 22.6 Å². The molecule has 3 aromatic rings. The number of nitrogens with one attached hydrogen (secondary N) is 1. The fourth-order valence-corrected chi connectivity index (χ4v) is 2.46. The van der Waals surface area contributed by atoms with Gasteiger partial charge in [0, 0.05) is 24.2 Å². The monoisotopic (exact) mass is 304 g/mol. The van der Waals surface area contributed by atoms with Crippen LogP contribution in [0, 0.1) is 6.92 Å². The highest BCUT2D eigenvalue weighted by molar-refractivity contribution is 5.75. The maximum Gasteiger partial charge on any atom is 0.159 e. The van der Waals surface area contributed by atoms with Crippen LogP contribution in [0.4, 0.5) is 5.69 Å². The van der Waals surface area contributed by atoms with E-state index in [1.165, 1.54) is 5.56 Å². The molecule has 0 atom stereocenters. The Morgan fingerprint density at radius 1 is 1.00 bits per heavy atom. The van der Waals surface area contributed by atoms with E-state index in [1.54, 1.807) is 0 Å². The van der Waals surface area contributed by atoms with E-state index in [1.807, 2.05) is 36.5 Å². The van der Waals surface area contributed by atoms with Gasteiger partial charge in [-0.15, -0.1) is 0 Å². The first-order valence-corrected chi connectivity index (χ1v) is 7.71. The zero-order valence-electron chi connectivity index (χ0n) is 13.2. The molecule has 0 spiro atoms. The molecule has 0 saturated heterocycles. The van der Waals surface area contributed by atoms with Crippen molar-refractivity contribution in [2.75, 3.05) is 18.4 Å². The lowest BCUT2D eigenvalue weighted by Crippen LogP contribution is -2.14. The van der Waals surface area contributed by atoms with E-state index in [-0.39, 0.29) is 0 Å². The van der Waals surface area contributed by atoms with E-state index < -0.39 is 0 Å². The first-order chi connectivity index (χ1) is 11.3. The van der Waals surface area contributed by atoms with Gasteiger partial charge in [0.1, 0.15) is 0 Å². The fraction of sp³-hybridized carbons (Fsp3) is 0.158. The summed E-state index contributed by atoms with van der Waals surface area (Å²) in [4.78, 5) is 9.31. The summed E-state index contributed by atoms with van der Waals surface area (Å²) in [6.45, 7) is 3.32. The average molecular weight is 304 g/mol. The number of hydrogen-bond acceptors (Lipinski definition) is 4. The summed E-state index contributed by atoms with van der Waals surface area (Å²) in [6.07, 6.45) is 1.84. The molecule has 0 radical (unpaired) electrons. The topological polar surface area (TPSA) is 63.8 Å². The van der Waals surface area contributed by atoms with Crippen LogP contribution in [-0.2, 0) is 0 Å². The van der Waals surface area contributed by atoms with E-state index in [0.29, 0.717) is 13.1 Å². The minimum atomic E-state index is 0.563.